The molecule has 13 rings (SSSR count). The minimum absolute atomic E-state index is 0.234. The topological polar surface area (TPSA) is 221 Å². The van der Waals surface area contributed by atoms with Crippen LogP contribution in [0.5, 0.6) is 0 Å². The summed E-state index contributed by atoms with van der Waals surface area (Å²) in [6, 6.07) is 27.0. The predicted octanol–water partition coefficient (Wildman–Crippen LogP) is 5.66. The van der Waals surface area contributed by atoms with Gasteiger partial charge in [0.1, 0.15) is 0 Å². The van der Waals surface area contributed by atoms with E-state index < -0.39 is 0 Å². The standard InChI is InChI=1S/C36H45N9O2.C32H45N9O2/c46-35-31-8-4-7-30-33(43-22-2-1-3-23-43)14-13-32(34(30)31)36(47)45(35)29-11-9-28(10-12-29)44-26-27(40-41-44)25-42-21-6-17-38-19-18-37-15-5-16-39-20-24-42;42-31-27-8-4-7-26-29(39-18-2-1-3-19-39)10-9-28(30(26)27)32(43)41(31)22-21-40-24-25(36-37-40)23-38-17-6-13-34-15-14-33-11-5-12-35-16-20-38/h4,7-14,26,37-39H,1-3,5-6,15-25H2;4,7-10,24,33-35H,1-3,5-6,11-23H2. The highest BCUT2D eigenvalue weighted by Crippen LogP contribution is 2.40. The molecule has 8 heterocycles. The van der Waals surface area contributed by atoms with E-state index in [0.717, 1.165) is 233 Å². The zero-order chi connectivity index (χ0) is 61.4. The van der Waals surface area contributed by atoms with E-state index in [0.29, 0.717) is 34.5 Å². The molecule has 0 unspecified atom stereocenters. The van der Waals surface area contributed by atoms with Crippen molar-refractivity contribution in [2.75, 3.05) is 152 Å². The Hall–Kier alpha value is -7.54. The third-order valence-corrected chi connectivity index (χ3v) is 18.3. The summed E-state index contributed by atoms with van der Waals surface area (Å²) in [6.07, 6.45) is 15.5. The molecule has 6 N–H and O–H groups in total. The Morgan fingerprint density at radius 1 is 0.367 bits per heavy atom. The minimum Gasteiger partial charge on any atom is -0.371 e. The van der Waals surface area contributed by atoms with E-state index >= 15 is 0 Å². The van der Waals surface area contributed by atoms with Gasteiger partial charge in [-0.05, 0) is 177 Å². The van der Waals surface area contributed by atoms with Crippen molar-refractivity contribution in [3.05, 3.63) is 131 Å². The number of aromatic nitrogens is 6. The van der Waals surface area contributed by atoms with Gasteiger partial charge in [-0.2, -0.15) is 0 Å². The maximum absolute atomic E-state index is 13.9. The van der Waals surface area contributed by atoms with Crippen molar-refractivity contribution >= 4 is 62.2 Å². The molecular formula is C68H90N18O4. The molecule has 6 aliphatic heterocycles. The van der Waals surface area contributed by atoms with E-state index in [1.807, 2.05) is 85.2 Å². The summed E-state index contributed by atoms with van der Waals surface area (Å²) >= 11 is 0. The molecule has 0 bridgehead atoms. The van der Waals surface area contributed by atoms with Crippen LogP contribution < -0.4 is 46.6 Å². The van der Waals surface area contributed by atoms with E-state index in [9.17, 15) is 19.2 Å². The molecule has 0 spiro atoms. The van der Waals surface area contributed by atoms with Crippen molar-refractivity contribution in [1.29, 1.82) is 0 Å². The molecule has 0 saturated carbocycles. The van der Waals surface area contributed by atoms with Crippen LogP contribution in [0.15, 0.2) is 97.3 Å². The first-order valence-electron chi connectivity index (χ1n) is 33.3. The maximum Gasteiger partial charge on any atom is 0.265 e. The number of hydrogen-bond donors (Lipinski definition) is 6. The van der Waals surface area contributed by atoms with Crippen molar-refractivity contribution in [2.45, 2.75) is 83.8 Å². The lowest BCUT2D eigenvalue weighted by Gasteiger charge is -2.32. The second-order valence-electron chi connectivity index (χ2n) is 24.6. The monoisotopic (exact) mass is 1220 g/mol. The molecule has 22 nitrogen and oxygen atoms in total. The molecule has 22 heteroatoms. The summed E-state index contributed by atoms with van der Waals surface area (Å²) in [5, 5.41) is 42.3. The first-order chi connectivity index (χ1) is 44.4. The van der Waals surface area contributed by atoms with Crippen LogP contribution in [-0.4, -0.2) is 206 Å². The first kappa shape index (κ1) is 62.6. The van der Waals surface area contributed by atoms with Crippen LogP contribution in [0.1, 0.15) is 117 Å². The summed E-state index contributed by atoms with van der Waals surface area (Å²) in [5.74, 6) is -1.06. The van der Waals surface area contributed by atoms with Gasteiger partial charge in [-0.1, -0.05) is 34.7 Å². The van der Waals surface area contributed by atoms with Crippen LogP contribution in [-0.2, 0) is 19.6 Å². The summed E-state index contributed by atoms with van der Waals surface area (Å²) in [4.78, 5) is 67.2. The molecule has 4 amide bonds. The van der Waals surface area contributed by atoms with Crippen molar-refractivity contribution in [2.24, 2.45) is 0 Å². The highest BCUT2D eigenvalue weighted by molar-refractivity contribution is 6.36. The van der Waals surface area contributed by atoms with Crippen LogP contribution in [0, 0.1) is 0 Å². The predicted molar refractivity (Wildman–Crippen MR) is 354 cm³/mol. The Balaban J connectivity index is 0.000000175. The van der Waals surface area contributed by atoms with Gasteiger partial charge in [0.2, 0.25) is 0 Å². The number of benzene rings is 5. The summed E-state index contributed by atoms with van der Waals surface area (Å²) in [7, 11) is 0. The highest BCUT2D eigenvalue weighted by atomic mass is 16.2. The number of imide groups is 2. The number of anilines is 3. The Morgan fingerprint density at radius 3 is 1.34 bits per heavy atom. The lowest BCUT2D eigenvalue weighted by Crippen LogP contribution is -2.42. The van der Waals surface area contributed by atoms with Gasteiger partial charge in [0.15, 0.2) is 0 Å². The number of nitrogens with one attached hydrogen (secondary N) is 6. The van der Waals surface area contributed by atoms with Crippen molar-refractivity contribution < 1.29 is 19.2 Å². The molecule has 4 saturated heterocycles. The lowest BCUT2D eigenvalue weighted by molar-refractivity contribution is 0.0602. The zero-order valence-corrected chi connectivity index (χ0v) is 52.3. The van der Waals surface area contributed by atoms with Gasteiger partial charge >= 0.3 is 0 Å². The number of hydrogen-bond acceptors (Lipinski definition) is 18. The molecule has 5 aromatic carbocycles. The fourth-order valence-corrected chi connectivity index (χ4v) is 13.6. The quantitative estimate of drug-likeness (QED) is 0.0861. The number of rotatable bonds is 11. The summed E-state index contributed by atoms with van der Waals surface area (Å²) < 4.78 is 3.51. The number of nitrogens with zero attached hydrogens (tertiary/aromatic N) is 12. The fourth-order valence-electron chi connectivity index (χ4n) is 13.6. The second-order valence-corrected chi connectivity index (χ2v) is 24.6. The van der Waals surface area contributed by atoms with Crippen molar-refractivity contribution in [3.8, 4) is 5.69 Å². The Labute approximate surface area is 528 Å². The number of carbonyl (C=O) groups is 4. The van der Waals surface area contributed by atoms with Crippen LogP contribution in [0.2, 0.25) is 0 Å². The van der Waals surface area contributed by atoms with Gasteiger partial charge in [0.05, 0.1) is 35.5 Å². The number of amides is 4. The van der Waals surface area contributed by atoms with Gasteiger partial charge in [-0.15, -0.1) is 10.2 Å². The van der Waals surface area contributed by atoms with Gasteiger partial charge < -0.3 is 41.7 Å². The molecule has 6 aliphatic rings. The summed E-state index contributed by atoms with van der Waals surface area (Å²) in [5.41, 5.74) is 7.73. The first-order valence-corrected chi connectivity index (χ1v) is 33.3. The van der Waals surface area contributed by atoms with Gasteiger partial charge in [0, 0.05) is 160 Å². The van der Waals surface area contributed by atoms with Gasteiger partial charge in [-0.25, -0.2) is 9.58 Å². The molecule has 90 heavy (non-hydrogen) atoms. The molecule has 4 fully saturated rings. The van der Waals surface area contributed by atoms with Crippen LogP contribution in [0.25, 0.3) is 27.2 Å². The molecule has 2 aromatic heterocycles. The van der Waals surface area contributed by atoms with Crippen LogP contribution in [0.3, 0.4) is 0 Å². The van der Waals surface area contributed by atoms with E-state index in [4.69, 9.17) is 0 Å². The number of piperidine rings is 2. The van der Waals surface area contributed by atoms with Gasteiger partial charge in [-0.3, -0.25) is 38.6 Å². The molecule has 0 atom stereocenters. The molecule has 0 aliphatic carbocycles. The van der Waals surface area contributed by atoms with Crippen molar-refractivity contribution in [3.63, 3.8) is 0 Å². The Kier molecular flexibility index (Phi) is 21.6. The van der Waals surface area contributed by atoms with E-state index in [2.05, 4.69) is 84.3 Å². The smallest absolute Gasteiger partial charge is 0.265 e. The SMILES string of the molecule is O=C1c2cccc3c(N4CCCCC4)ccc(c23)C(=O)N1CCn1cc(CN2CCCNCCNCCCNCC2)nn1.O=C1c2cccc3c(N4CCCCC4)ccc(c23)C(=O)N1c1ccc(-n2cc(CN3CCCNCCNCCCNCC3)nn2)cc1. The Bertz CT molecular complexity index is 3480. The van der Waals surface area contributed by atoms with Crippen LogP contribution in [0.4, 0.5) is 17.1 Å². The average Bonchev–Trinajstić information content (AvgIpc) is 0.825. The molecule has 7 aromatic rings. The number of carbonyl (C=O) groups excluding carboxylic acids is 4. The van der Waals surface area contributed by atoms with E-state index in [1.165, 1.54) is 35.5 Å². The normalized spacial score (nSPS) is 19.6. The minimum atomic E-state index is -0.293. The third-order valence-electron chi connectivity index (χ3n) is 18.3. The summed E-state index contributed by atoms with van der Waals surface area (Å²) in [6.45, 7) is 21.9. The molecule has 0 radical (unpaired) electrons. The fraction of sp³-hybridized carbons (Fsp3) is 0.500. The molecular weight excluding hydrogens is 1130 g/mol. The van der Waals surface area contributed by atoms with Gasteiger partial charge in [0.25, 0.3) is 23.6 Å². The van der Waals surface area contributed by atoms with E-state index in [-0.39, 0.29) is 30.2 Å². The maximum atomic E-state index is 13.9. The van der Waals surface area contributed by atoms with E-state index in [1.54, 1.807) is 9.36 Å². The Morgan fingerprint density at radius 2 is 0.811 bits per heavy atom. The third kappa shape index (κ3) is 15.1. The van der Waals surface area contributed by atoms with Crippen LogP contribution >= 0.6 is 0 Å². The highest BCUT2D eigenvalue weighted by Gasteiger charge is 2.36. The second kappa shape index (κ2) is 31.0. The lowest BCUT2D eigenvalue weighted by atomic mass is 9.92. The van der Waals surface area contributed by atoms with Crippen molar-refractivity contribution in [1.82, 2.24) is 76.6 Å². The zero-order valence-electron chi connectivity index (χ0n) is 52.3. The average molecular weight is 1220 g/mol. The largest absolute Gasteiger partial charge is 0.371 e. The molecule has 476 valence electrons.